The molecule has 0 aliphatic heterocycles. The van der Waals surface area contributed by atoms with E-state index in [0.29, 0.717) is 84.5 Å². The summed E-state index contributed by atoms with van der Waals surface area (Å²) in [7, 11) is 0. The van der Waals surface area contributed by atoms with Gasteiger partial charge in [-0.1, -0.05) is 198 Å². The van der Waals surface area contributed by atoms with Crippen LogP contribution in [0.15, 0.2) is 121 Å². The molecule has 0 saturated carbocycles. The van der Waals surface area contributed by atoms with Gasteiger partial charge in [-0.25, -0.2) is 0 Å². The Morgan fingerprint density at radius 3 is 1.01 bits per heavy atom. The first-order valence-corrected chi connectivity index (χ1v) is 50.8. The molecule has 18 atom stereocenters. The number of para-hydroxylation sites is 1. The van der Waals surface area contributed by atoms with E-state index >= 15 is 19.2 Å². The number of unbranched alkanes of at least 4 members (excludes halogenated alkanes) is 4. The summed E-state index contributed by atoms with van der Waals surface area (Å²) in [5.74, 6) is -18.0. The van der Waals surface area contributed by atoms with E-state index < -0.39 is 234 Å². The zero-order valence-corrected chi connectivity index (χ0v) is 86.0. The van der Waals surface area contributed by atoms with E-state index in [2.05, 4.69) is 95.4 Å². The van der Waals surface area contributed by atoms with E-state index in [1.54, 1.807) is 184 Å². The van der Waals surface area contributed by atoms with Gasteiger partial charge < -0.3 is 134 Å². The first-order chi connectivity index (χ1) is 69.7. The minimum absolute atomic E-state index is 0.00440. The van der Waals surface area contributed by atoms with Crippen LogP contribution in [-0.4, -0.2) is 265 Å². The predicted molar refractivity (Wildman–Crippen MR) is 551 cm³/mol. The Morgan fingerprint density at radius 1 is 0.308 bits per heavy atom. The average Bonchev–Trinajstić information content (AvgIpc) is 1.65. The molecule has 1 heterocycles. The Bertz CT molecular complexity index is 5020. The monoisotopic (exact) mass is 2040 g/mol. The molecule has 43 nitrogen and oxygen atoms in total. The van der Waals surface area contributed by atoms with Crippen molar-refractivity contribution in [1.82, 2.24) is 95.4 Å². The Hall–Kier alpha value is -13.4. The van der Waals surface area contributed by atoms with Crippen molar-refractivity contribution in [2.24, 2.45) is 58.3 Å². The van der Waals surface area contributed by atoms with Crippen LogP contribution in [0.5, 0.6) is 0 Å². The van der Waals surface area contributed by atoms with Crippen LogP contribution in [0, 0.1) is 29.6 Å². The van der Waals surface area contributed by atoms with Gasteiger partial charge >= 0.3 is 5.97 Å². The SMILES string of the molecule is CC[C@H](C)[C@H](NC(=O)CN)C(=O)N[C@@H](CCCCN)C(=O)N[C@@H](CCCCN)C(=O)N[C@@H](Cc1ccccc1)C(=O)N[C@@H](CC(C)C)C(=O)NCC(=O)N[C@@H](CO)C(=O)N[C@H](C(=O)N[C@@H](Cc1c[nH]c2ccccc12)C(=O)N[C@@H](CCCCN)C(=O)N[C@@H](Cc1ccccc1)C(=O)N[C@H](C(=O)N[C@@H](CCCCN)C(=O)N[C@@H](C)C(=O)N[C@@H](Cc1ccccc1)C(=O)N[C@H](C(=O)NCC(=O)O)C(C)C)[C@@H](C)CC)[C@@H](C)CC. The molecule has 4 aromatic carbocycles. The van der Waals surface area contributed by atoms with Gasteiger partial charge in [-0.15, -0.1) is 0 Å². The second-order valence-corrected chi connectivity index (χ2v) is 37.9. The van der Waals surface area contributed by atoms with E-state index in [-0.39, 0.29) is 122 Å². The van der Waals surface area contributed by atoms with Crippen LogP contribution in [0.2, 0.25) is 0 Å². The number of hydrogen-bond donors (Lipinski definition) is 25. The minimum Gasteiger partial charge on any atom is -0.480 e. The second-order valence-electron chi connectivity index (χ2n) is 37.9. The predicted octanol–water partition coefficient (Wildman–Crippen LogP) is -0.645. The normalized spacial score (nSPS) is 15.0. The van der Waals surface area contributed by atoms with Gasteiger partial charge in [-0.2, -0.15) is 0 Å². The van der Waals surface area contributed by atoms with Gasteiger partial charge in [0.05, 0.1) is 19.7 Å². The topological polar surface area (TPSA) is 698 Å². The molecule has 17 amide bonds. The molecule has 0 radical (unpaired) electrons. The fraction of sp³-hybridized carbons (Fsp3) is 0.573. The van der Waals surface area contributed by atoms with Crippen molar-refractivity contribution < 1.29 is 96.5 Å². The molecule has 0 saturated heterocycles. The van der Waals surface area contributed by atoms with Crippen LogP contribution >= 0.6 is 0 Å². The number of fused-ring (bicyclic) bond motifs is 1. The summed E-state index contributed by atoms with van der Waals surface area (Å²) in [6, 6.07) is 12.2. The van der Waals surface area contributed by atoms with Gasteiger partial charge in [-0.3, -0.25) is 86.3 Å². The van der Waals surface area contributed by atoms with Crippen LogP contribution in [0.25, 0.3) is 10.9 Å². The quantitative estimate of drug-likeness (QED) is 0.0215. The average molecular weight is 2040 g/mol. The molecule has 0 fully saturated rings. The number of nitrogens with one attached hydrogen (secondary N) is 18. The molecule has 30 N–H and O–H groups in total. The number of H-pyrrole nitrogens is 1. The van der Waals surface area contributed by atoms with E-state index in [1.165, 1.54) is 6.92 Å². The van der Waals surface area contributed by atoms with Crippen molar-refractivity contribution >= 4 is 117 Å². The lowest BCUT2D eigenvalue weighted by atomic mass is 9.96. The highest BCUT2D eigenvalue weighted by Crippen LogP contribution is 2.23. The molecule has 146 heavy (non-hydrogen) atoms. The number of carbonyl (C=O) groups is 18. The number of aliphatic hydroxyl groups is 1. The molecule has 1 aromatic heterocycles. The highest BCUT2D eigenvalue weighted by atomic mass is 16.4. The van der Waals surface area contributed by atoms with Crippen molar-refractivity contribution in [2.75, 3.05) is 52.4 Å². The zero-order chi connectivity index (χ0) is 108. The van der Waals surface area contributed by atoms with Crippen molar-refractivity contribution in [2.45, 2.75) is 295 Å². The Morgan fingerprint density at radius 2 is 0.630 bits per heavy atom. The van der Waals surface area contributed by atoms with Crippen molar-refractivity contribution in [3.8, 4) is 0 Å². The number of hydrogen-bond acceptors (Lipinski definition) is 24. The lowest BCUT2D eigenvalue weighted by molar-refractivity contribution is -0.139. The number of aliphatic carboxylic acids is 1. The molecule has 0 aliphatic rings. The summed E-state index contributed by atoms with van der Waals surface area (Å²) < 4.78 is 0. The highest BCUT2D eigenvalue weighted by Gasteiger charge is 2.41. The fourth-order valence-electron chi connectivity index (χ4n) is 16.1. The lowest BCUT2D eigenvalue weighted by Crippen LogP contribution is -2.62. The summed E-state index contributed by atoms with van der Waals surface area (Å²) >= 11 is 0. The van der Waals surface area contributed by atoms with Gasteiger partial charge in [0.15, 0.2) is 0 Å². The van der Waals surface area contributed by atoms with E-state index in [0.717, 1.165) is 0 Å². The van der Waals surface area contributed by atoms with Gasteiger partial charge in [-0.05, 0) is 174 Å². The molecule has 0 spiro atoms. The largest absolute Gasteiger partial charge is 0.480 e. The summed E-state index contributed by atoms with van der Waals surface area (Å²) in [5.41, 5.74) is 32.1. The number of benzene rings is 4. The number of carbonyl (C=O) groups excluding carboxylic acids is 17. The van der Waals surface area contributed by atoms with Crippen LogP contribution in [0.1, 0.15) is 201 Å². The molecule has 5 rings (SSSR count). The molecule has 43 heteroatoms. The van der Waals surface area contributed by atoms with E-state index in [1.807, 2.05) is 6.92 Å². The van der Waals surface area contributed by atoms with Crippen LogP contribution in [0.3, 0.4) is 0 Å². The first-order valence-electron chi connectivity index (χ1n) is 50.8. The van der Waals surface area contributed by atoms with Crippen molar-refractivity contribution in [3.63, 3.8) is 0 Å². The number of carboxylic acids is 1. The fourth-order valence-corrected chi connectivity index (χ4v) is 16.1. The van der Waals surface area contributed by atoms with Crippen LogP contribution < -0.4 is 119 Å². The summed E-state index contributed by atoms with van der Waals surface area (Å²) in [5, 5.41) is 66.2. The third-order valence-corrected chi connectivity index (χ3v) is 25.4. The molecular weight excluding hydrogens is 1880 g/mol. The smallest absolute Gasteiger partial charge is 0.322 e. The lowest BCUT2D eigenvalue weighted by Gasteiger charge is -2.30. The van der Waals surface area contributed by atoms with Crippen LogP contribution in [0.4, 0.5) is 0 Å². The van der Waals surface area contributed by atoms with Crippen molar-refractivity contribution in [1.29, 1.82) is 0 Å². The summed E-state index contributed by atoms with van der Waals surface area (Å²) in [6.45, 7) is 16.5. The standard InChI is InChI=1S/C103H159N23O20/c1-12-62(8)86(123-82(128)55-108)101(144)117-75(45-29-33-49-107)92(135)114-73(43-27-31-47-105)93(136)120-77(51-66-34-18-15-19-35-66)95(138)119-76(50-60(4)5)90(133)110-57-83(129)113-81(59-127)99(142)126-88(64(10)14-3)103(146)122-80(54-69-56-109-71-41-25-24-40-70(69)71)96(139)115-74(44-28-32-48-106)94(137)121-79(53-68-38-22-17-23-39-68)98(141)125-87(63(9)13-2)102(145)116-72(42-26-30-46-104)91(134)112-65(11)89(132)118-78(52-67-36-20-16-21-37-67)97(140)124-85(61(6)7)100(143)111-58-84(130)131/h15-25,34-41,56,60-65,72-81,85-88,109,127H,12-14,26-33,42-55,57-59,104-108H2,1-11H3,(H,110,133)(H,111,143)(H,112,134)(H,113,129)(H,114,135)(H,115,139)(H,116,145)(H,117,144)(H,118,132)(H,119,138)(H,120,136)(H,121,137)(H,122,146)(H,123,128)(H,124,140)(H,125,141)(H,126,142)(H,130,131)/t62-,63-,64-,65-,72-,73-,74-,75-,76-,77-,78-,79-,80-,81-,85-,86-,87-,88-/m0/s1. The number of carboxylic acid groups (broad SMARTS) is 1. The van der Waals surface area contributed by atoms with E-state index in [4.69, 9.17) is 28.7 Å². The number of amides is 17. The number of aliphatic hydroxyl groups excluding tert-OH is 1. The Labute approximate surface area is 854 Å². The number of rotatable bonds is 69. The number of nitrogens with two attached hydrogens (primary N) is 5. The molecular formula is C103H159N23O20. The molecule has 0 aliphatic carbocycles. The maximum atomic E-state index is 15.4. The Balaban J connectivity index is 1.38. The van der Waals surface area contributed by atoms with Crippen molar-refractivity contribution in [3.05, 3.63) is 144 Å². The number of aromatic amines is 1. The zero-order valence-electron chi connectivity index (χ0n) is 86.0. The maximum Gasteiger partial charge on any atom is 0.322 e. The molecule has 0 unspecified atom stereocenters. The molecule has 0 bridgehead atoms. The van der Waals surface area contributed by atoms with Gasteiger partial charge in [0, 0.05) is 42.8 Å². The maximum absolute atomic E-state index is 15.4. The molecule has 5 aromatic rings. The Kier molecular flexibility index (Phi) is 55.6. The number of aromatic nitrogens is 1. The second kappa shape index (κ2) is 65.9. The van der Waals surface area contributed by atoms with Crippen LogP contribution in [-0.2, 0) is 112 Å². The third kappa shape index (κ3) is 42.7. The summed E-state index contributed by atoms with van der Waals surface area (Å²) in [4.78, 5) is 260. The minimum atomic E-state index is -1.78. The van der Waals surface area contributed by atoms with Gasteiger partial charge in [0.1, 0.15) is 97.2 Å². The third-order valence-electron chi connectivity index (χ3n) is 25.4. The van der Waals surface area contributed by atoms with E-state index in [9.17, 15) is 77.3 Å². The summed E-state index contributed by atoms with van der Waals surface area (Å²) in [6.07, 6.45) is 5.08. The molecule has 806 valence electrons. The van der Waals surface area contributed by atoms with Gasteiger partial charge in [0.25, 0.3) is 0 Å². The first kappa shape index (κ1) is 123. The highest BCUT2D eigenvalue weighted by molar-refractivity contribution is 6.02. The van der Waals surface area contributed by atoms with Gasteiger partial charge in [0.2, 0.25) is 100 Å².